The molecule has 3 nitrogen and oxygen atoms in total. The van der Waals surface area contributed by atoms with Crippen LogP contribution >= 0.6 is 0 Å². The van der Waals surface area contributed by atoms with Crippen LogP contribution in [0.15, 0.2) is 267 Å². The molecular formula is C66H44BN3. The van der Waals surface area contributed by atoms with Crippen molar-refractivity contribution < 1.29 is 11.0 Å². The van der Waals surface area contributed by atoms with E-state index in [9.17, 15) is 5.48 Å². The summed E-state index contributed by atoms with van der Waals surface area (Å²) in [5, 5.41) is 0.0347. The zero-order valence-corrected chi connectivity index (χ0v) is 37.7. The van der Waals surface area contributed by atoms with Gasteiger partial charge in [0.2, 0.25) is 0 Å². The van der Waals surface area contributed by atoms with Gasteiger partial charge in [0, 0.05) is 44.9 Å². The molecule has 0 spiro atoms. The van der Waals surface area contributed by atoms with Crippen LogP contribution in [0.3, 0.4) is 0 Å². The fourth-order valence-electron chi connectivity index (χ4n) is 10.8. The smallest absolute Gasteiger partial charge is 0.252 e. The third-order valence-electron chi connectivity index (χ3n) is 14.0. The van der Waals surface area contributed by atoms with Crippen molar-refractivity contribution in [1.82, 2.24) is 4.57 Å². The molecule has 11 aromatic carbocycles. The highest BCUT2D eigenvalue weighted by Crippen LogP contribution is 2.48. The number of nitrogens with zero attached hydrogens (tertiary/aromatic N) is 3. The molecule has 326 valence electrons. The first kappa shape index (κ1) is 32.6. The second kappa shape index (κ2) is 16.3. The maximum atomic E-state index is 9.63. The van der Waals surface area contributed by atoms with Gasteiger partial charge in [-0.05, 0) is 122 Å². The average molecular weight is 898 g/mol. The lowest BCUT2D eigenvalue weighted by Gasteiger charge is -2.44. The Balaban J connectivity index is 1.15. The number of aromatic nitrogens is 1. The summed E-state index contributed by atoms with van der Waals surface area (Å²) in [5.74, 6) is 0. The molecule has 0 unspecified atom stereocenters. The Kier molecular flexibility index (Phi) is 7.58. The van der Waals surface area contributed by atoms with Crippen molar-refractivity contribution in [2.75, 3.05) is 9.80 Å². The van der Waals surface area contributed by atoms with Gasteiger partial charge >= 0.3 is 0 Å². The van der Waals surface area contributed by atoms with E-state index in [1.165, 1.54) is 0 Å². The molecule has 14 rings (SSSR count). The predicted octanol–water partition coefficient (Wildman–Crippen LogP) is 15.5. The Morgan fingerprint density at radius 2 is 0.700 bits per heavy atom. The van der Waals surface area contributed by atoms with E-state index in [1.807, 2.05) is 84.9 Å². The summed E-state index contributed by atoms with van der Waals surface area (Å²) >= 11 is 0. The van der Waals surface area contributed by atoms with Crippen LogP contribution in [0.25, 0.3) is 72.0 Å². The van der Waals surface area contributed by atoms with Crippen molar-refractivity contribution in [3.05, 3.63) is 267 Å². The molecule has 12 aromatic rings. The lowest BCUT2D eigenvalue weighted by atomic mass is 9.33. The maximum Gasteiger partial charge on any atom is 0.252 e. The van der Waals surface area contributed by atoms with E-state index >= 15 is 0 Å². The van der Waals surface area contributed by atoms with Gasteiger partial charge in [-0.3, -0.25) is 0 Å². The molecular weight excluding hydrogens is 846 g/mol. The normalized spacial score (nSPS) is 14.1. The molecule has 0 bridgehead atoms. The van der Waals surface area contributed by atoms with Crippen LogP contribution in [0.4, 0.5) is 34.1 Å². The van der Waals surface area contributed by atoms with Crippen LogP contribution in [-0.2, 0) is 0 Å². The minimum absolute atomic E-state index is 0.0173. The molecule has 0 radical (unpaired) electrons. The summed E-state index contributed by atoms with van der Waals surface area (Å²) in [7, 11) is 0. The third-order valence-corrected chi connectivity index (χ3v) is 14.0. The molecule has 2 aliphatic heterocycles. The number of para-hydroxylation sites is 2. The second-order valence-electron chi connectivity index (χ2n) is 17.9. The summed E-state index contributed by atoms with van der Waals surface area (Å²) in [4.78, 5) is 4.58. The van der Waals surface area contributed by atoms with Crippen LogP contribution in [-0.4, -0.2) is 11.3 Å². The van der Waals surface area contributed by atoms with Crippen molar-refractivity contribution in [1.29, 1.82) is 0 Å². The lowest BCUT2D eigenvalue weighted by molar-refractivity contribution is 1.16. The monoisotopic (exact) mass is 897 g/mol. The van der Waals surface area contributed by atoms with Gasteiger partial charge < -0.3 is 14.4 Å². The first-order valence-electron chi connectivity index (χ1n) is 27.5. The molecule has 4 heteroatoms. The number of hydrogen-bond donors (Lipinski definition) is 0. The van der Waals surface area contributed by atoms with Gasteiger partial charge in [0.15, 0.2) is 0 Å². The molecule has 2 aliphatic rings. The maximum absolute atomic E-state index is 9.63. The topological polar surface area (TPSA) is 11.4 Å². The standard InChI is InChI=1S/C66H44BN3/c1-5-18-45(19-6-1)49-32-36-53(37-33-49)68-62-41-51(47-22-9-3-10-23-47)34-38-58(62)67-59-39-35-52(48-24-11-4-12-25-48)42-63(59)69(54-27-17-26-50(40-54)46-20-7-2-8-21-46)65-44-55(43-64(68)66(65)67)70-60-30-15-13-28-56(60)57-29-14-16-31-61(57)70/h1-44H/i13D,14D,15D,16D,28D,29D,30D,31D. The van der Waals surface area contributed by atoms with E-state index in [2.05, 4.69) is 143 Å². The van der Waals surface area contributed by atoms with E-state index in [0.717, 1.165) is 95.0 Å². The zero-order chi connectivity index (χ0) is 53.1. The van der Waals surface area contributed by atoms with Crippen molar-refractivity contribution in [3.8, 4) is 50.2 Å². The van der Waals surface area contributed by atoms with E-state index in [0.29, 0.717) is 5.69 Å². The minimum Gasteiger partial charge on any atom is -0.311 e. The Morgan fingerprint density at radius 3 is 1.20 bits per heavy atom. The number of anilines is 6. The molecule has 3 heterocycles. The van der Waals surface area contributed by atoms with Crippen LogP contribution in [0.1, 0.15) is 11.0 Å². The second-order valence-corrected chi connectivity index (χ2v) is 17.9. The summed E-state index contributed by atoms with van der Waals surface area (Å²) in [6.45, 7) is -0.329. The molecule has 0 atom stereocenters. The number of hydrogen-bond acceptors (Lipinski definition) is 2. The van der Waals surface area contributed by atoms with Crippen molar-refractivity contribution in [2.45, 2.75) is 0 Å². The third kappa shape index (κ3) is 6.45. The SMILES string of the molecule is [2H]c1c([2H])c([2H])c2c(c1[2H])c1c([2H])c([2H])c([2H])c([2H])c1n2-c1cc2c3c(c1)N(c1cccc(-c4ccccc4)c1)c1cc(-c4ccccc4)ccc1B3c1ccc(-c3ccccc3)cc1N2c1ccc(-c2ccccc2)cc1. The van der Waals surface area contributed by atoms with Gasteiger partial charge in [0.25, 0.3) is 6.71 Å². The Morgan fingerprint density at radius 1 is 0.300 bits per heavy atom. The van der Waals surface area contributed by atoms with Gasteiger partial charge in [0.05, 0.1) is 27.7 Å². The van der Waals surface area contributed by atoms with E-state index in [1.54, 1.807) is 4.57 Å². The number of rotatable bonds is 7. The molecule has 0 N–H and O–H groups in total. The average Bonchev–Trinajstić information content (AvgIpc) is 3.68. The molecule has 0 fully saturated rings. The number of fused-ring (bicyclic) bond motifs is 7. The van der Waals surface area contributed by atoms with Gasteiger partial charge in [-0.1, -0.05) is 206 Å². The summed E-state index contributed by atoms with van der Waals surface area (Å²) in [6, 6.07) is 72.3. The van der Waals surface area contributed by atoms with E-state index in [4.69, 9.17) is 5.48 Å². The quantitative estimate of drug-likeness (QED) is 0.148. The Labute approximate surface area is 419 Å². The molecule has 1 aromatic heterocycles. The minimum atomic E-state index is -0.492. The van der Waals surface area contributed by atoms with E-state index < -0.39 is 24.2 Å². The van der Waals surface area contributed by atoms with Crippen molar-refractivity contribution in [3.63, 3.8) is 0 Å². The summed E-state index contributed by atoms with van der Waals surface area (Å²) in [5.41, 5.74) is 17.2. The largest absolute Gasteiger partial charge is 0.311 e. The summed E-state index contributed by atoms with van der Waals surface area (Å²) in [6.07, 6.45) is 0. The van der Waals surface area contributed by atoms with Gasteiger partial charge in [-0.25, -0.2) is 0 Å². The lowest BCUT2D eigenvalue weighted by Crippen LogP contribution is -2.61. The number of benzene rings is 11. The fraction of sp³-hybridized carbons (Fsp3) is 0. The van der Waals surface area contributed by atoms with Crippen molar-refractivity contribution >= 4 is 79.0 Å². The van der Waals surface area contributed by atoms with Crippen LogP contribution in [0, 0.1) is 0 Å². The fourth-order valence-corrected chi connectivity index (χ4v) is 10.8. The highest BCUT2D eigenvalue weighted by molar-refractivity contribution is 7.00. The molecule has 70 heavy (non-hydrogen) atoms. The summed E-state index contributed by atoms with van der Waals surface area (Å²) < 4.78 is 75.5. The van der Waals surface area contributed by atoms with E-state index in [-0.39, 0.29) is 52.7 Å². The predicted molar refractivity (Wildman–Crippen MR) is 297 cm³/mol. The molecule has 0 saturated carbocycles. The van der Waals surface area contributed by atoms with Gasteiger partial charge in [-0.2, -0.15) is 0 Å². The molecule has 0 saturated heterocycles. The zero-order valence-electron chi connectivity index (χ0n) is 45.7. The Hall–Kier alpha value is -9.12. The van der Waals surface area contributed by atoms with Crippen LogP contribution in [0.5, 0.6) is 0 Å². The molecule has 0 amide bonds. The van der Waals surface area contributed by atoms with Crippen LogP contribution < -0.4 is 26.2 Å². The van der Waals surface area contributed by atoms with Gasteiger partial charge in [-0.15, -0.1) is 0 Å². The first-order valence-corrected chi connectivity index (χ1v) is 23.5. The first-order chi connectivity index (χ1) is 38.0. The highest BCUT2D eigenvalue weighted by atomic mass is 15.2. The van der Waals surface area contributed by atoms with Crippen LogP contribution in [0.2, 0.25) is 0 Å². The van der Waals surface area contributed by atoms with Gasteiger partial charge in [0.1, 0.15) is 0 Å². The molecule has 0 aliphatic carbocycles. The highest BCUT2D eigenvalue weighted by Gasteiger charge is 2.44. The Bertz CT molecular complexity index is 4340. The van der Waals surface area contributed by atoms with Crippen molar-refractivity contribution in [2.24, 2.45) is 0 Å².